The van der Waals surface area contributed by atoms with E-state index in [1.54, 1.807) is 0 Å². The maximum absolute atomic E-state index is 11.2. The van der Waals surface area contributed by atoms with Gasteiger partial charge in [0.15, 0.2) is 0 Å². The number of esters is 1. The largest absolute Gasteiger partial charge is 0.469 e. The van der Waals surface area contributed by atoms with Crippen molar-refractivity contribution in [3.63, 3.8) is 0 Å². The minimum Gasteiger partial charge on any atom is -0.469 e. The summed E-state index contributed by atoms with van der Waals surface area (Å²) in [4.78, 5) is 11.2. The van der Waals surface area contributed by atoms with Gasteiger partial charge < -0.3 is 9.84 Å². The van der Waals surface area contributed by atoms with Gasteiger partial charge >= 0.3 is 5.97 Å². The van der Waals surface area contributed by atoms with Crippen LogP contribution in [0.3, 0.4) is 0 Å². The fourth-order valence-electron chi connectivity index (χ4n) is 4.70. The van der Waals surface area contributed by atoms with E-state index in [1.165, 1.54) is 26.4 Å². The normalized spacial score (nSPS) is 38.3. The van der Waals surface area contributed by atoms with Crippen LogP contribution < -0.4 is 0 Å². The van der Waals surface area contributed by atoms with Crippen molar-refractivity contribution in [1.82, 2.24) is 0 Å². The van der Waals surface area contributed by atoms with Crippen LogP contribution in [-0.4, -0.2) is 24.3 Å². The van der Waals surface area contributed by atoms with Gasteiger partial charge in [-0.15, -0.1) is 0 Å². The first kappa shape index (κ1) is 15.8. The number of hydrogen-bond donors (Lipinski definition) is 1. The Labute approximate surface area is 123 Å². The maximum Gasteiger partial charge on any atom is 0.305 e. The Balaban J connectivity index is 1.84. The van der Waals surface area contributed by atoms with Crippen molar-refractivity contribution < 1.29 is 14.6 Å². The van der Waals surface area contributed by atoms with Crippen molar-refractivity contribution in [2.45, 2.75) is 64.9 Å². The zero-order valence-corrected chi connectivity index (χ0v) is 13.2. The second kappa shape index (κ2) is 6.93. The van der Waals surface area contributed by atoms with Crippen LogP contribution in [0, 0.1) is 29.6 Å². The van der Waals surface area contributed by atoms with Crippen molar-refractivity contribution in [2.24, 2.45) is 29.6 Å². The highest BCUT2D eigenvalue weighted by atomic mass is 16.5. The number of aliphatic hydroxyl groups is 1. The van der Waals surface area contributed by atoms with Crippen molar-refractivity contribution in [3.8, 4) is 0 Å². The van der Waals surface area contributed by atoms with E-state index < -0.39 is 0 Å². The Bertz CT molecular complexity index is 328. The highest BCUT2D eigenvalue weighted by Gasteiger charge is 2.45. The molecule has 0 amide bonds. The highest BCUT2D eigenvalue weighted by molar-refractivity contribution is 5.68. The van der Waals surface area contributed by atoms with Gasteiger partial charge in [-0.05, 0) is 68.1 Å². The molecule has 20 heavy (non-hydrogen) atoms. The summed E-state index contributed by atoms with van der Waals surface area (Å²) >= 11 is 0. The van der Waals surface area contributed by atoms with Crippen molar-refractivity contribution in [3.05, 3.63) is 0 Å². The van der Waals surface area contributed by atoms with Crippen LogP contribution in [0.2, 0.25) is 0 Å². The number of fused-ring (bicyclic) bond motifs is 1. The van der Waals surface area contributed by atoms with Crippen LogP contribution >= 0.6 is 0 Å². The SMILES string of the molecule is COC(=O)CCCC(C)[C@H]1CC[C@H]2C1C[C@@H](C)C[C@@H]2O. The minimum absolute atomic E-state index is 0.0731. The predicted octanol–water partition coefficient (Wildman–Crippen LogP) is 3.40. The number of rotatable bonds is 5. The second-order valence-corrected chi connectivity index (χ2v) is 7.16. The van der Waals surface area contributed by atoms with Gasteiger partial charge in [0.05, 0.1) is 13.2 Å². The van der Waals surface area contributed by atoms with E-state index in [9.17, 15) is 9.90 Å². The molecule has 2 rings (SSSR count). The number of carbonyl (C=O) groups excluding carboxylic acids is 1. The molecule has 2 aliphatic rings. The van der Waals surface area contributed by atoms with Crippen LogP contribution in [0.15, 0.2) is 0 Å². The highest BCUT2D eigenvalue weighted by Crippen LogP contribution is 2.50. The number of carbonyl (C=O) groups is 1. The lowest BCUT2D eigenvalue weighted by Crippen LogP contribution is -2.35. The molecule has 116 valence electrons. The van der Waals surface area contributed by atoms with Crippen LogP contribution in [0.4, 0.5) is 0 Å². The van der Waals surface area contributed by atoms with E-state index in [4.69, 9.17) is 4.74 Å². The van der Waals surface area contributed by atoms with Gasteiger partial charge in [0.2, 0.25) is 0 Å². The molecule has 0 radical (unpaired) electrons. The van der Waals surface area contributed by atoms with Crippen molar-refractivity contribution in [1.29, 1.82) is 0 Å². The van der Waals surface area contributed by atoms with E-state index in [0.29, 0.717) is 30.1 Å². The van der Waals surface area contributed by atoms with Gasteiger partial charge in [-0.2, -0.15) is 0 Å². The number of hydrogen-bond acceptors (Lipinski definition) is 3. The fraction of sp³-hybridized carbons (Fsp3) is 0.941. The summed E-state index contributed by atoms with van der Waals surface area (Å²) in [5.41, 5.74) is 0. The van der Waals surface area contributed by atoms with Gasteiger partial charge in [-0.25, -0.2) is 0 Å². The Kier molecular flexibility index (Phi) is 5.48. The van der Waals surface area contributed by atoms with E-state index >= 15 is 0 Å². The molecule has 3 nitrogen and oxygen atoms in total. The molecule has 0 bridgehead atoms. The zero-order valence-electron chi connectivity index (χ0n) is 13.2. The fourth-order valence-corrected chi connectivity index (χ4v) is 4.70. The van der Waals surface area contributed by atoms with Gasteiger partial charge in [0.25, 0.3) is 0 Å². The van der Waals surface area contributed by atoms with Gasteiger partial charge in [0.1, 0.15) is 0 Å². The lowest BCUT2D eigenvalue weighted by Gasteiger charge is -2.38. The Morgan fingerprint density at radius 3 is 2.75 bits per heavy atom. The first-order chi connectivity index (χ1) is 9.52. The van der Waals surface area contributed by atoms with E-state index in [0.717, 1.165) is 25.2 Å². The average Bonchev–Trinajstić information content (AvgIpc) is 2.82. The summed E-state index contributed by atoms with van der Waals surface area (Å²) in [6, 6.07) is 0. The summed E-state index contributed by atoms with van der Waals surface area (Å²) in [6.45, 7) is 4.60. The molecule has 0 aromatic carbocycles. The van der Waals surface area contributed by atoms with Crippen molar-refractivity contribution in [2.75, 3.05) is 7.11 Å². The van der Waals surface area contributed by atoms with Gasteiger partial charge in [-0.1, -0.05) is 13.8 Å². The summed E-state index contributed by atoms with van der Waals surface area (Å²) in [5.74, 6) is 3.22. The maximum atomic E-state index is 11.2. The summed E-state index contributed by atoms with van der Waals surface area (Å²) < 4.78 is 4.70. The molecule has 0 aromatic rings. The topological polar surface area (TPSA) is 46.5 Å². The van der Waals surface area contributed by atoms with Gasteiger partial charge in [-0.3, -0.25) is 4.79 Å². The summed E-state index contributed by atoms with van der Waals surface area (Å²) in [5, 5.41) is 10.3. The molecule has 6 atom stereocenters. The molecule has 0 saturated heterocycles. The molecule has 0 aliphatic heterocycles. The van der Waals surface area contributed by atoms with E-state index in [-0.39, 0.29) is 12.1 Å². The molecule has 0 aromatic heterocycles. The molecule has 0 spiro atoms. The number of ether oxygens (including phenoxy) is 1. The third kappa shape index (κ3) is 3.55. The Morgan fingerprint density at radius 2 is 2.05 bits per heavy atom. The molecule has 0 heterocycles. The first-order valence-electron chi connectivity index (χ1n) is 8.27. The quantitative estimate of drug-likeness (QED) is 0.786. The van der Waals surface area contributed by atoms with Gasteiger partial charge in [0, 0.05) is 6.42 Å². The Morgan fingerprint density at radius 1 is 1.30 bits per heavy atom. The van der Waals surface area contributed by atoms with E-state index in [2.05, 4.69) is 13.8 Å². The predicted molar refractivity (Wildman–Crippen MR) is 79.1 cm³/mol. The van der Waals surface area contributed by atoms with Crippen molar-refractivity contribution >= 4 is 5.97 Å². The first-order valence-corrected chi connectivity index (χ1v) is 8.27. The molecule has 2 aliphatic carbocycles. The van der Waals surface area contributed by atoms with Crippen LogP contribution in [0.25, 0.3) is 0 Å². The van der Waals surface area contributed by atoms with Crippen LogP contribution in [0.5, 0.6) is 0 Å². The van der Waals surface area contributed by atoms with Crippen LogP contribution in [0.1, 0.15) is 58.8 Å². The van der Waals surface area contributed by atoms with E-state index in [1.807, 2.05) is 0 Å². The monoisotopic (exact) mass is 282 g/mol. The molecule has 2 unspecified atom stereocenters. The third-order valence-electron chi connectivity index (χ3n) is 5.74. The Hall–Kier alpha value is -0.570. The zero-order chi connectivity index (χ0) is 14.7. The molecule has 2 fully saturated rings. The smallest absolute Gasteiger partial charge is 0.305 e. The third-order valence-corrected chi connectivity index (χ3v) is 5.74. The summed E-state index contributed by atoms with van der Waals surface area (Å²) in [7, 11) is 1.46. The minimum atomic E-state index is -0.0943. The molecular formula is C17H30O3. The summed E-state index contributed by atoms with van der Waals surface area (Å²) in [6.07, 6.45) is 7.24. The number of aliphatic hydroxyl groups excluding tert-OH is 1. The lowest BCUT2D eigenvalue weighted by atomic mass is 9.69. The average molecular weight is 282 g/mol. The standard InChI is InChI=1S/C17H30O3/c1-11-9-15-13(7-8-14(15)16(18)10-11)12(2)5-4-6-17(19)20-3/h11-16,18H,4-10H2,1-3H3/t11-,12?,13-,14+,15?,16+/m1/s1. The molecule has 2 saturated carbocycles. The molecule has 1 N–H and O–H groups in total. The molecular weight excluding hydrogens is 252 g/mol. The molecule has 3 heteroatoms. The second-order valence-electron chi connectivity index (χ2n) is 7.16. The van der Waals surface area contributed by atoms with Crippen LogP contribution in [-0.2, 0) is 9.53 Å². The number of methoxy groups -OCH3 is 1. The lowest BCUT2D eigenvalue weighted by molar-refractivity contribution is -0.140.